The van der Waals surface area contributed by atoms with Crippen LogP contribution in [0.2, 0.25) is 0 Å². The zero-order chi connectivity index (χ0) is 16.7. The molecule has 0 atom stereocenters. The van der Waals surface area contributed by atoms with Gasteiger partial charge in [0.25, 0.3) is 0 Å². The van der Waals surface area contributed by atoms with E-state index in [4.69, 9.17) is 0 Å². The van der Waals surface area contributed by atoms with Gasteiger partial charge in [-0.1, -0.05) is 18.2 Å². The summed E-state index contributed by atoms with van der Waals surface area (Å²) in [7, 11) is 1.86. The molecule has 3 aromatic heterocycles. The lowest BCUT2D eigenvalue weighted by Crippen LogP contribution is -2.14. The topological polar surface area (TPSA) is 75.6 Å². The molecule has 4 aromatic rings. The van der Waals surface area contributed by atoms with Gasteiger partial charge in [0.1, 0.15) is 0 Å². The number of carbonyl (C=O) groups excluding carboxylic acids is 1. The lowest BCUT2D eigenvalue weighted by molar-refractivity contribution is -0.115. The molecular weight excluding hydrogens is 302 g/mol. The van der Waals surface area contributed by atoms with Gasteiger partial charge in [0.2, 0.25) is 5.91 Å². The third-order valence-corrected chi connectivity index (χ3v) is 4.17. The Hall–Kier alpha value is -3.15. The number of nitrogens with one attached hydrogen (secondary N) is 2. The van der Waals surface area contributed by atoms with E-state index in [0.717, 1.165) is 33.2 Å². The summed E-state index contributed by atoms with van der Waals surface area (Å²) >= 11 is 0. The van der Waals surface area contributed by atoms with Gasteiger partial charge in [0, 0.05) is 29.5 Å². The van der Waals surface area contributed by atoms with E-state index in [-0.39, 0.29) is 5.91 Å². The van der Waals surface area contributed by atoms with Crippen molar-refractivity contribution in [3.63, 3.8) is 0 Å². The Balaban J connectivity index is 1.57. The SMILES string of the molecule is Cc1nn(C)c2ncc(NC(=O)Cc3c[nH]c4ccccc34)cc12. The van der Waals surface area contributed by atoms with E-state index >= 15 is 0 Å². The number of amides is 1. The summed E-state index contributed by atoms with van der Waals surface area (Å²) in [5.41, 5.74) is 4.40. The second-order valence-corrected chi connectivity index (χ2v) is 5.89. The highest BCUT2D eigenvalue weighted by molar-refractivity contribution is 5.97. The monoisotopic (exact) mass is 319 g/mol. The van der Waals surface area contributed by atoms with Crippen molar-refractivity contribution in [2.75, 3.05) is 5.32 Å². The van der Waals surface area contributed by atoms with E-state index < -0.39 is 0 Å². The van der Waals surface area contributed by atoms with Gasteiger partial charge in [0.05, 0.1) is 24.0 Å². The minimum atomic E-state index is -0.0672. The van der Waals surface area contributed by atoms with E-state index in [9.17, 15) is 4.79 Å². The fraction of sp³-hybridized carbons (Fsp3) is 0.167. The smallest absolute Gasteiger partial charge is 0.228 e. The molecule has 120 valence electrons. The molecule has 0 radical (unpaired) electrons. The zero-order valence-electron chi connectivity index (χ0n) is 13.5. The predicted molar refractivity (Wildman–Crippen MR) is 93.9 cm³/mol. The van der Waals surface area contributed by atoms with Crippen molar-refractivity contribution in [2.45, 2.75) is 13.3 Å². The van der Waals surface area contributed by atoms with Gasteiger partial charge in [-0.3, -0.25) is 9.48 Å². The second kappa shape index (κ2) is 5.49. The number of benzene rings is 1. The maximum absolute atomic E-state index is 12.4. The molecular formula is C18H17N5O. The van der Waals surface area contributed by atoms with Gasteiger partial charge in [-0.25, -0.2) is 4.98 Å². The van der Waals surface area contributed by atoms with E-state index in [0.29, 0.717) is 12.1 Å². The van der Waals surface area contributed by atoms with Gasteiger partial charge in [-0.15, -0.1) is 0 Å². The standard InChI is InChI=1S/C18H17N5O/c1-11-15-8-13(10-20-18(15)23(2)22-11)21-17(24)7-12-9-19-16-6-4-3-5-14(12)16/h3-6,8-10,19H,7H2,1-2H3,(H,21,24). The van der Waals surface area contributed by atoms with Crippen LogP contribution in [0.15, 0.2) is 42.7 Å². The van der Waals surface area contributed by atoms with Gasteiger partial charge in [-0.05, 0) is 24.6 Å². The molecule has 0 aliphatic heterocycles. The summed E-state index contributed by atoms with van der Waals surface area (Å²) in [5.74, 6) is -0.0672. The quantitative estimate of drug-likeness (QED) is 0.609. The number of hydrogen-bond acceptors (Lipinski definition) is 3. The zero-order valence-corrected chi connectivity index (χ0v) is 13.5. The molecule has 0 bridgehead atoms. The number of para-hydroxylation sites is 1. The highest BCUT2D eigenvalue weighted by Crippen LogP contribution is 2.21. The van der Waals surface area contributed by atoms with Crippen LogP contribution < -0.4 is 5.32 Å². The molecule has 6 heteroatoms. The van der Waals surface area contributed by atoms with Crippen LogP contribution >= 0.6 is 0 Å². The number of pyridine rings is 1. The molecule has 0 spiro atoms. The fourth-order valence-corrected chi connectivity index (χ4v) is 3.03. The average molecular weight is 319 g/mol. The Bertz CT molecular complexity index is 1060. The average Bonchev–Trinajstić information content (AvgIpc) is 3.09. The molecule has 4 rings (SSSR count). The number of aromatic nitrogens is 4. The van der Waals surface area contributed by atoms with E-state index in [2.05, 4.69) is 20.4 Å². The Morgan fingerprint density at radius 2 is 2.12 bits per heavy atom. The number of anilines is 1. The number of aryl methyl sites for hydroxylation is 2. The first-order valence-electron chi connectivity index (χ1n) is 7.76. The lowest BCUT2D eigenvalue weighted by atomic mass is 10.1. The summed E-state index contributed by atoms with van der Waals surface area (Å²) in [6, 6.07) is 9.87. The summed E-state index contributed by atoms with van der Waals surface area (Å²) in [6.45, 7) is 1.93. The number of rotatable bonds is 3. The number of nitrogens with zero attached hydrogens (tertiary/aromatic N) is 3. The summed E-state index contributed by atoms with van der Waals surface area (Å²) in [4.78, 5) is 19.9. The molecule has 0 fully saturated rings. The fourth-order valence-electron chi connectivity index (χ4n) is 3.03. The minimum Gasteiger partial charge on any atom is -0.361 e. The van der Waals surface area contributed by atoms with Gasteiger partial charge in [0.15, 0.2) is 5.65 Å². The Morgan fingerprint density at radius 1 is 1.29 bits per heavy atom. The molecule has 0 saturated heterocycles. The molecule has 2 N–H and O–H groups in total. The van der Waals surface area contributed by atoms with Crippen LogP contribution in [0.5, 0.6) is 0 Å². The van der Waals surface area contributed by atoms with Crippen molar-refractivity contribution in [3.05, 3.63) is 54.0 Å². The third kappa shape index (κ3) is 2.42. The Labute approximate surface area is 138 Å². The predicted octanol–water partition coefficient (Wildman–Crippen LogP) is 2.94. The van der Waals surface area contributed by atoms with Crippen molar-refractivity contribution < 1.29 is 4.79 Å². The normalized spacial score (nSPS) is 11.2. The van der Waals surface area contributed by atoms with Crippen LogP contribution in [0, 0.1) is 6.92 Å². The van der Waals surface area contributed by atoms with E-state index in [1.165, 1.54) is 0 Å². The summed E-state index contributed by atoms with van der Waals surface area (Å²) in [6.07, 6.45) is 3.86. The highest BCUT2D eigenvalue weighted by atomic mass is 16.1. The Morgan fingerprint density at radius 3 is 3.00 bits per heavy atom. The Kier molecular flexibility index (Phi) is 3.30. The number of carbonyl (C=O) groups is 1. The van der Waals surface area contributed by atoms with Crippen molar-refractivity contribution >= 4 is 33.5 Å². The van der Waals surface area contributed by atoms with Crippen LogP contribution in [0.4, 0.5) is 5.69 Å². The molecule has 0 aliphatic rings. The molecule has 1 aromatic carbocycles. The minimum absolute atomic E-state index is 0.0672. The van der Waals surface area contributed by atoms with Crippen LogP contribution in [0.3, 0.4) is 0 Å². The number of fused-ring (bicyclic) bond motifs is 2. The van der Waals surface area contributed by atoms with Crippen molar-refractivity contribution in [1.82, 2.24) is 19.7 Å². The number of H-pyrrole nitrogens is 1. The van der Waals surface area contributed by atoms with Gasteiger partial charge >= 0.3 is 0 Å². The molecule has 0 saturated carbocycles. The molecule has 3 heterocycles. The highest BCUT2D eigenvalue weighted by Gasteiger charge is 2.11. The largest absolute Gasteiger partial charge is 0.361 e. The second-order valence-electron chi connectivity index (χ2n) is 5.89. The molecule has 6 nitrogen and oxygen atoms in total. The number of hydrogen-bond donors (Lipinski definition) is 2. The first-order valence-corrected chi connectivity index (χ1v) is 7.76. The van der Waals surface area contributed by atoms with E-state index in [1.807, 2.05) is 50.5 Å². The first kappa shape index (κ1) is 14.4. The lowest BCUT2D eigenvalue weighted by Gasteiger charge is -2.05. The van der Waals surface area contributed by atoms with Crippen LogP contribution in [-0.4, -0.2) is 25.7 Å². The molecule has 24 heavy (non-hydrogen) atoms. The van der Waals surface area contributed by atoms with Gasteiger partial charge in [-0.2, -0.15) is 5.10 Å². The maximum atomic E-state index is 12.4. The molecule has 0 unspecified atom stereocenters. The van der Waals surface area contributed by atoms with Gasteiger partial charge < -0.3 is 10.3 Å². The van der Waals surface area contributed by atoms with Crippen LogP contribution in [-0.2, 0) is 18.3 Å². The van der Waals surface area contributed by atoms with E-state index in [1.54, 1.807) is 10.9 Å². The van der Waals surface area contributed by atoms with Crippen molar-refractivity contribution in [3.8, 4) is 0 Å². The summed E-state index contributed by atoms with van der Waals surface area (Å²) in [5, 5.41) is 9.28. The third-order valence-electron chi connectivity index (χ3n) is 4.17. The van der Waals surface area contributed by atoms with Crippen LogP contribution in [0.25, 0.3) is 21.9 Å². The van der Waals surface area contributed by atoms with Crippen LogP contribution in [0.1, 0.15) is 11.3 Å². The van der Waals surface area contributed by atoms with Crippen molar-refractivity contribution in [1.29, 1.82) is 0 Å². The maximum Gasteiger partial charge on any atom is 0.228 e. The first-order chi connectivity index (χ1) is 11.6. The molecule has 0 aliphatic carbocycles. The molecule has 1 amide bonds. The van der Waals surface area contributed by atoms with Crippen molar-refractivity contribution in [2.24, 2.45) is 7.05 Å². The number of aromatic amines is 1. The summed E-state index contributed by atoms with van der Waals surface area (Å²) < 4.78 is 1.74.